The number of rotatable bonds is 10. The number of hydrogen-bond donors (Lipinski definition) is 4. The minimum absolute atomic E-state index is 0.0843. The smallest absolute Gasteiger partial charge is 0.329 e. The number of aromatic nitrogens is 10. The summed E-state index contributed by atoms with van der Waals surface area (Å²) in [7, 11) is 0. The average Bonchev–Trinajstić information content (AvgIpc) is 1.64. The molecule has 7 aromatic carbocycles. The maximum atomic E-state index is 13.7. The molecule has 27 heteroatoms. The predicted octanol–water partition coefficient (Wildman–Crippen LogP) is 19.4. The Balaban J connectivity index is 0.000000107. The van der Waals surface area contributed by atoms with Gasteiger partial charge in [0.2, 0.25) is 0 Å². The summed E-state index contributed by atoms with van der Waals surface area (Å²) in [5.74, 6) is 4.08. The molecule has 16 heterocycles. The van der Waals surface area contributed by atoms with Crippen molar-refractivity contribution in [2.24, 2.45) is 0 Å². The van der Waals surface area contributed by atoms with Crippen LogP contribution in [0.15, 0.2) is 260 Å². The van der Waals surface area contributed by atoms with Crippen molar-refractivity contribution < 1.29 is 23.6 Å². The van der Waals surface area contributed by atoms with Gasteiger partial charge in [0.05, 0.1) is 110 Å². The summed E-state index contributed by atoms with van der Waals surface area (Å²) in [4.78, 5) is 108. The molecule has 8 aromatic heterocycles. The average molecular weight is 1680 g/mol. The van der Waals surface area contributed by atoms with Gasteiger partial charge in [0.25, 0.3) is 0 Å². The van der Waals surface area contributed by atoms with Gasteiger partial charge < -0.3 is 40.0 Å². The zero-order valence-corrected chi connectivity index (χ0v) is 71.3. The molecule has 8 aliphatic rings. The molecule has 0 spiro atoms. The number of urea groups is 4. The lowest BCUT2D eigenvalue weighted by Gasteiger charge is -2.36. The van der Waals surface area contributed by atoms with Gasteiger partial charge in [0, 0.05) is 110 Å². The fraction of sp³-hybridized carbons (Fsp3) is 0.230. The highest BCUT2D eigenvalue weighted by atomic mass is 16.3. The SMILES string of the molecule is CCn1ncc2c(NC(=O)N3c4nc(-c5cccc(C)c5)ccc4N4CC[C@H]3C4)cccc21.Cc1cccc(-c2ccc3c(n2)N(C(=O)Nc2cccc(-c4cnco4)c2)[C@H]2CCN3C2)c1.Cc1cccc(-c2ccc3c(n2)N(C(=O)Nc2cccc4nc(C)cnc24)[C@H]2CCN3C2)c1.Cc1cccc(-c2ccc3c(n2)N(C(=O)Nc2ccccn2)[C@H]2CCN3C2)c1. The first kappa shape index (κ1) is 80.0. The number of benzene rings is 7. The van der Waals surface area contributed by atoms with Crippen LogP contribution in [0.2, 0.25) is 0 Å². The van der Waals surface area contributed by atoms with Crippen LogP contribution < -0.4 is 60.5 Å². The van der Waals surface area contributed by atoms with Gasteiger partial charge in [0.1, 0.15) is 11.3 Å². The number of carbonyl (C=O) groups is 4. The highest BCUT2D eigenvalue weighted by Gasteiger charge is 2.45. The third-order valence-electron chi connectivity index (χ3n) is 24.8. The molecule has 23 rings (SSSR count). The maximum Gasteiger partial charge on any atom is 0.329 e. The van der Waals surface area contributed by atoms with Gasteiger partial charge in [-0.15, -0.1) is 0 Å². The molecule has 0 radical (unpaired) electrons. The molecular formula is C100H94N22O5. The Bertz CT molecular complexity index is 6740. The van der Waals surface area contributed by atoms with Gasteiger partial charge in [-0.1, -0.05) is 125 Å². The van der Waals surface area contributed by atoms with Crippen molar-refractivity contribution in [3.8, 4) is 56.4 Å². The van der Waals surface area contributed by atoms with Crippen molar-refractivity contribution in [1.82, 2.24) is 49.7 Å². The van der Waals surface area contributed by atoms with Gasteiger partial charge in [-0.05, 0) is 189 Å². The molecule has 8 aliphatic heterocycles. The Morgan fingerprint density at radius 2 is 0.819 bits per heavy atom. The molecule has 15 aromatic rings. The van der Waals surface area contributed by atoms with Crippen molar-refractivity contribution in [3.05, 3.63) is 284 Å². The van der Waals surface area contributed by atoms with Crippen LogP contribution in [0.25, 0.3) is 78.3 Å². The molecule has 4 atom stereocenters. The largest absolute Gasteiger partial charge is 0.444 e. The molecule has 8 amide bonds. The summed E-state index contributed by atoms with van der Waals surface area (Å²) in [5.41, 5.74) is 22.8. The Hall–Kier alpha value is -15.4. The highest BCUT2D eigenvalue weighted by Crippen LogP contribution is 2.46. The summed E-state index contributed by atoms with van der Waals surface area (Å²) >= 11 is 0. The topological polar surface area (TPSA) is 276 Å². The minimum atomic E-state index is -0.188. The molecule has 27 nitrogen and oxygen atoms in total. The number of hydrogen-bond acceptors (Lipinski definition) is 18. The van der Waals surface area contributed by atoms with E-state index in [2.05, 4.69) is 204 Å². The van der Waals surface area contributed by atoms with Gasteiger partial charge in [-0.25, -0.2) is 54.1 Å². The fourth-order valence-corrected chi connectivity index (χ4v) is 18.7. The number of nitrogens with one attached hydrogen (secondary N) is 4. The van der Waals surface area contributed by atoms with E-state index in [1.807, 2.05) is 153 Å². The summed E-state index contributed by atoms with van der Waals surface area (Å²) < 4.78 is 7.33. The van der Waals surface area contributed by atoms with Crippen LogP contribution in [0.4, 0.5) is 88.1 Å². The molecule has 0 unspecified atom stereocenters. The lowest BCUT2D eigenvalue weighted by Crippen LogP contribution is -2.48. The number of pyridine rings is 5. The van der Waals surface area contributed by atoms with Crippen LogP contribution in [0, 0.1) is 34.6 Å². The van der Waals surface area contributed by atoms with Crippen molar-refractivity contribution >= 4 is 115 Å². The predicted molar refractivity (Wildman–Crippen MR) is 502 cm³/mol. The Kier molecular flexibility index (Phi) is 21.4. The number of amides is 8. The molecule has 8 bridgehead atoms. The van der Waals surface area contributed by atoms with E-state index >= 15 is 0 Å². The van der Waals surface area contributed by atoms with E-state index in [-0.39, 0.29) is 48.3 Å². The van der Waals surface area contributed by atoms with Gasteiger partial charge in [-0.3, -0.25) is 34.6 Å². The quantitative estimate of drug-likeness (QED) is 0.0990. The second kappa shape index (κ2) is 34.0. The number of fused-ring (bicyclic) bond motifs is 18. The van der Waals surface area contributed by atoms with Gasteiger partial charge >= 0.3 is 24.1 Å². The maximum absolute atomic E-state index is 13.7. The molecule has 4 saturated heterocycles. The van der Waals surface area contributed by atoms with Crippen LogP contribution in [0.3, 0.4) is 0 Å². The zero-order chi connectivity index (χ0) is 86.5. The van der Waals surface area contributed by atoms with Crippen LogP contribution in [0.5, 0.6) is 0 Å². The number of aryl methyl sites for hydroxylation is 6. The molecule has 634 valence electrons. The van der Waals surface area contributed by atoms with E-state index < -0.39 is 0 Å². The molecule has 0 saturated carbocycles. The molecular weight excluding hydrogens is 1590 g/mol. The summed E-state index contributed by atoms with van der Waals surface area (Å²) in [6.07, 6.45) is 12.0. The lowest BCUT2D eigenvalue weighted by molar-refractivity contribution is 0.254. The van der Waals surface area contributed by atoms with E-state index in [1.54, 1.807) is 24.7 Å². The van der Waals surface area contributed by atoms with E-state index in [1.165, 1.54) is 28.6 Å². The Morgan fingerprint density at radius 3 is 1.26 bits per heavy atom. The number of para-hydroxylation sites is 1. The lowest BCUT2D eigenvalue weighted by atomic mass is 10.1. The van der Waals surface area contributed by atoms with Gasteiger partial charge in [0.15, 0.2) is 35.4 Å². The Morgan fingerprint density at radius 1 is 0.394 bits per heavy atom. The third-order valence-corrected chi connectivity index (χ3v) is 24.8. The summed E-state index contributed by atoms with van der Waals surface area (Å²) in [6, 6.07) is 74.1. The van der Waals surface area contributed by atoms with E-state index in [0.717, 1.165) is 197 Å². The van der Waals surface area contributed by atoms with E-state index in [9.17, 15) is 19.2 Å². The van der Waals surface area contributed by atoms with Crippen molar-refractivity contribution in [2.75, 3.05) is 113 Å². The highest BCUT2D eigenvalue weighted by molar-refractivity contribution is 6.11. The van der Waals surface area contributed by atoms with Crippen LogP contribution in [-0.2, 0) is 6.54 Å². The van der Waals surface area contributed by atoms with Gasteiger partial charge in [-0.2, -0.15) is 5.10 Å². The fourth-order valence-electron chi connectivity index (χ4n) is 18.7. The molecule has 4 fully saturated rings. The van der Waals surface area contributed by atoms with Crippen LogP contribution in [0.1, 0.15) is 60.6 Å². The van der Waals surface area contributed by atoms with Crippen molar-refractivity contribution in [1.29, 1.82) is 0 Å². The summed E-state index contributed by atoms with van der Waals surface area (Å²) in [6.45, 7) is 20.1. The molecule has 127 heavy (non-hydrogen) atoms. The summed E-state index contributed by atoms with van der Waals surface area (Å²) in [5, 5.41) is 17.6. The van der Waals surface area contributed by atoms with E-state index in [4.69, 9.17) is 24.4 Å². The zero-order valence-electron chi connectivity index (χ0n) is 71.3. The first-order valence-electron chi connectivity index (χ1n) is 43.3. The molecule has 0 aliphatic carbocycles. The van der Waals surface area contributed by atoms with E-state index in [0.29, 0.717) is 40.1 Å². The monoisotopic (exact) mass is 1680 g/mol. The number of anilines is 12. The standard InChI is InChI=1S/C26H24N6O.C26H26N6O.C26H23N5O2.C22H21N5O/c1-16-5-3-6-18(13-16)20-9-10-23-25(29-20)32(19-11-12-31(23)15-19)26(33)30-22-8-4-7-21-24(22)27-14-17(2)28-21;1-3-31-23-9-5-8-22(20(23)15-27-31)29-26(33)32-19-12-13-30(16-19)24-11-10-21(28-25(24)32)18-7-4-6-17(2)14-18;1-17-4-2-5-18(12-17)22-8-9-23-25(29-22)31(21-10-11-30(23)15-21)26(32)28-20-7-3-6-19(13-20)24-14-27-16-33-24;1-15-5-4-6-16(13-15)18-8-9-19-21(24-18)27(17-10-12-26(19)14-17)22(28)25-20-7-2-3-11-23-20/h3-10,13-14,19H,11-12,15H2,1-2H3,(H,30,33);4-11,14-15,19H,3,12-13,16H2,1-2H3,(H,29,33);2-9,12-14,16,21H,10-11,15H2,1H3,(H,28,32);2-9,11,13,17H,10,12,14H2,1H3,(H,23,25,28)/t2*19-;21-;17-/m0000/s1. The Labute approximate surface area is 734 Å². The second-order valence-electron chi connectivity index (χ2n) is 33.4. The minimum Gasteiger partial charge on any atom is -0.444 e. The molecule has 4 N–H and O–H groups in total. The van der Waals surface area contributed by atoms with Crippen molar-refractivity contribution in [2.45, 2.75) is 97.9 Å². The number of oxazole rings is 1. The third kappa shape index (κ3) is 16.0. The first-order chi connectivity index (χ1) is 62.0. The van der Waals surface area contributed by atoms with Crippen molar-refractivity contribution in [3.63, 3.8) is 0 Å². The van der Waals surface area contributed by atoms with Crippen LogP contribution in [-0.4, -0.2) is 150 Å². The number of carbonyl (C=O) groups excluding carboxylic acids is 4. The van der Waals surface area contributed by atoms with Crippen LogP contribution >= 0.6 is 0 Å². The second-order valence-corrected chi connectivity index (χ2v) is 33.4. The normalized spacial score (nSPS) is 16.9. The number of nitrogens with zero attached hydrogens (tertiary/aromatic N) is 18. The first-order valence-corrected chi connectivity index (χ1v) is 43.3.